The first kappa shape index (κ1) is 78.5. The molecule has 1 unspecified atom stereocenters. The van der Waals surface area contributed by atoms with Gasteiger partial charge in [0.15, 0.2) is 0 Å². The summed E-state index contributed by atoms with van der Waals surface area (Å²) in [7, 11) is 0. The summed E-state index contributed by atoms with van der Waals surface area (Å²) >= 11 is 0. The first-order valence-corrected chi connectivity index (χ1v) is 38.6. The van der Waals surface area contributed by atoms with Crippen molar-refractivity contribution in [2.45, 2.75) is 483 Å². The quantitative estimate of drug-likeness (QED) is 0.0557. The van der Waals surface area contributed by atoms with Crippen LogP contribution in [0.15, 0.2) is 0 Å². The molecule has 0 amide bonds. The number of unbranched alkanes of at least 4 members (excludes halogenated alkanes) is 61. The van der Waals surface area contributed by atoms with Crippen LogP contribution in [0.2, 0.25) is 0 Å². The molecule has 79 heavy (non-hydrogen) atoms. The molecular formula is C78H155N. The van der Waals surface area contributed by atoms with Crippen molar-refractivity contribution in [3.05, 3.63) is 0 Å². The lowest BCUT2D eigenvalue weighted by Gasteiger charge is -2.20. The van der Waals surface area contributed by atoms with E-state index >= 15 is 0 Å². The number of hydrogen-bond acceptors (Lipinski definition) is 1. The lowest BCUT2D eigenvalue weighted by Crippen LogP contribution is -2.04. The van der Waals surface area contributed by atoms with Crippen LogP contribution in [0.25, 0.3) is 0 Å². The van der Waals surface area contributed by atoms with Gasteiger partial charge in [0.05, 0.1) is 6.07 Å². The Hall–Kier alpha value is -0.510. The van der Waals surface area contributed by atoms with Crippen LogP contribution in [0.1, 0.15) is 483 Å². The van der Waals surface area contributed by atoms with Gasteiger partial charge in [-0.2, -0.15) is 5.26 Å². The number of rotatable bonds is 73. The second-order valence-corrected chi connectivity index (χ2v) is 27.3. The minimum atomic E-state index is 0.750. The highest BCUT2D eigenvalue weighted by Gasteiger charge is 2.13. The fourth-order valence-corrected chi connectivity index (χ4v) is 13.6. The molecule has 0 rings (SSSR count). The second-order valence-electron chi connectivity index (χ2n) is 27.3. The molecule has 0 bridgehead atoms. The van der Waals surface area contributed by atoms with Crippen LogP contribution in [0.4, 0.5) is 0 Å². The maximum Gasteiger partial charge on any atom is 0.0621 e. The molecule has 0 aromatic rings. The van der Waals surface area contributed by atoms with Crippen LogP contribution in [0, 0.1) is 23.2 Å². The van der Waals surface area contributed by atoms with E-state index in [-0.39, 0.29) is 0 Å². The van der Waals surface area contributed by atoms with Gasteiger partial charge in [-0.1, -0.05) is 470 Å². The fourth-order valence-electron chi connectivity index (χ4n) is 13.6. The Morgan fingerprint density at radius 2 is 0.278 bits per heavy atom. The van der Waals surface area contributed by atoms with Crippen molar-refractivity contribution >= 4 is 0 Å². The smallest absolute Gasteiger partial charge is 0.0621 e. The summed E-state index contributed by atoms with van der Waals surface area (Å²) in [4.78, 5) is 0. The van der Waals surface area contributed by atoms with Gasteiger partial charge in [0.25, 0.3) is 0 Å². The van der Waals surface area contributed by atoms with Gasteiger partial charge in [-0.3, -0.25) is 0 Å². The summed E-state index contributed by atoms with van der Waals surface area (Å²) in [6.07, 6.45) is 105. The van der Waals surface area contributed by atoms with Crippen LogP contribution in [-0.2, 0) is 0 Å². The van der Waals surface area contributed by atoms with E-state index in [1.165, 1.54) is 449 Å². The van der Waals surface area contributed by atoms with Gasteiger partial charge in [0.1, 0.15) is 0 Å². The van der Waals surface area contributed by atoms with Crippen molar-refractivity contribution in [3.63, 3.8) is 0 Å². The van der Waals surface area contributed by atoms with E-state index in [0.29, 0.717) is 0 Å². The van der Waals surface area contributed by atoms with Crippen molar-refractivity contribution in [2.75, 3.05) is 0 Å². The molecule has 0 fully saturated rings. The molecule has 0 heterocycles. The largest absolute Gasteiger partial charge is 0.198 e. The zero-order valence-electron chi connectivity index (χ0n) is 56.0. The Bertz CT molecular complexity index is 1040. The van der Waals surface area contributed by atoms with Gasteiger partial charge in [-0.15, -0.1) is 0 Å². The van der Waals surface area contributed by atoms with Crippen molar-refractivity contribution in [1.29, 1.82) is 5.26 Å². The number of nitrogens with zero attached hydrogens (tertiary/aromatic N) is 1. The molecule has 0 saturated carbocycles. The molecule has 1 atom stereocenters. The minimum Gasteiger partial charge on any atom is -0.198 e. The van der Waals surface area contributed by atoms with Gasteiger partial charge >= 0.3 is 0 Å². The summed E-state index contributed by atoms with van der Waals surface area (Å²) in [5.74, 6) is 2.01. The van der Waals surface area contributed by atoms with Gasteiger partial charge < -0.3 is 0 Å². The highest BCUT2D eigenvalue weighted by Crippen LogP contribution is 2.29. The standard InChI is InChI=1S/C78H155N/c1-4-7-10-13-16-19-22-25-28-33-38-43-48-53-58-63-70-77(71-64-59-54-49-44-39-34-29-26-23-20-17-14-11-8-5-2)74-67-68-75-78(72-65-60-55-50-45-40-35-30-27-24-21-18-15-12-9-6-3)73-66-61-56-51-46-41-36-31-32-37-42-47-52-57-62-69-76-79/h77-78H,4-75H2,1-3H3. The summed E-state index contributed by atoms with van der Waals surface area (Å²) in [6, 6.07) is 2.29. The average Bonchev–Trinajstić information content (AvgIpc) is 3.46. The van der Waals surface area contributed by atoms with Crippen molar-refractivity contribution in [3.8, 4) is 6.07 Å². The van der Waals surface area contributed by atoms with E-state index in [0.717, 1.165) is 24.7 Å². The fraction of sp³-hybridized carbons (Fsp3) is 0.987. The summed E-state index contributed by atoms with van der Waals surface area (Å²) in [5, 5.41) is 8.72. The predicted octanol–water partition coefficient (Wildman–Crippen LogP) is 29.9. The van der Waals surface area contributed by atoms with Crippen molar-refractivity contribution in [2.24, 2.45) is 11.8 Å². The first-order chi connectivity index (χ1) is 39.3. The SMILES string of the molecule is CCCCCCCCCCCCCCCCCCC(CCCCCCCCCCCCCCCCCC)CCCCC(CCCCCCCCCCCCCCCCCC)CCCCCCCCCCCCCCCCCC#N. The predicted molar refractivity (Wildman–Crippen MR) is 362 cm³/mol. The Morgan fingerprint density at radius 3 is 0.418 bits per heavy atom. The van der Waals surface area contributed by atoms with Gasteiger partial charge in [-0.25, -0.2) is 0 Å². The molecule has 0 saturated heterocycles. The molecule has 0 spiro atoms. The average molecular weight is 1110 g/mol. The van der Waals surface area contributed by atoms with Crippen molar-refractivity contribution < 1.29 is 0 Å². The van der Waals surface area contributed by atoms with Gasteiger partial charge in [0, 0.05) is 6.42 Å². The second kappa shape index (κ2) is 73.6. The molecule has 0 aromatic heterocycles. The van der Waals surface area contributed by atoms with E-state index in [9.17, 15) is 0 Å². The number of hydrogen-bond donors (Lipinski definition) is 0. The molecular weight excluding hydrogens is 951 g/mol. The zero-order valence-corrected chi connectivity index (χ0v) is 56.0. The molecule has 0 N–H and O–H groups in total. The maximum atomic E-state index is 8.72. The third-order valence-corrected chi connectivity index (χ3v) is 19.3. The summed E-state index contributed by atoms with van der Waals surface area (Å²) < 4.78 is 0. The van der Waals surface area contributed by atoms with Crippen LogP contribution >= 0.6 is 0 Å². The van der Waals surface area contributed by atoms with E-state index in [4.69, 9.17) is 5.26 Å². The monoisotopic (exact) mass is 1110 g/mol. The Kier molecular flexibility index (Phi) is 73.1. The number of nitriles is 1. The maximum absolute atomic E-state index is 8.72. The van der Waals surface area contributed by atoms with Crippen LogP contribution in [0.3, 0.4) is 0 Å². The normalized spacial score (nSPS) is 12.1. The third kappa shape index (κ3) is 69.9. The Balaban J connectivity index is 4.76. The molecule has 0 radical (unpaired) electrons. The molecule has 472 valence electrons. The van der Waals surface area contributed by atoms with Crippen LogP contribution < -0.4 is 0 Å². The van der Waals surface area contributed by atoms with Gasteiger partial charge in [0.2, 0.25) is 0 Å². The van der Waals surface area contributed by atoms with E-state index in [1.807, 2.05) is 0 Å². The lowest BCUT2D eigenvalue weighted by molar-refractivity contribution is 0.337. The molecule has 0 aliphatic rings. The first-order valence-electron chi connectivity index (χ1n) is 38.6. The molecule has 1 heteroatoms. The van der Waals surface area contributed by atoms with Gasteiger partial charge in [-0.05, 0) is 18.3 Å². The lowest BCUT2D eigenvalue weighted by atomic mass is 9.86. The molecule has 0 aromatic carbocycles. The van der Waals surface area contributed by atoms with Crippen LogP contribution in [0.5, 0.6) is 0 Å². The van der Waals surface area contributed by atoms with E-state index in [1.54, 1.807) is 0 Å². The molecule has 1 nitrogen and oxygen atoms in total. The third-order valence-electron chi connectivity index (χ3n) is 19.3. The van der Waals surface area contributed by atoms with Crippen LogP contribution in [-0.4, -0.2) is 0 Å². The highest BCUT2D eigenvalue weighted by atomic mass is 14.2. The molecule has 0 aliphatic heterocycles. The summed E-state index contributed by atoms with van der Waals surface area (Å²) in [6.45, 7) is 6.99. The molecule has 0 aliphatic carbocycles. The Morgan fingerprint density at radius 1 is 0.165 bits per heavy atom. The Labute approximate surface area is 503 Å². The topological polar surface area (TPSA) is 23.8 Å². The minimum absolute atomic E-state index is 0.750. The highest BCUT2D eigenvalue weighted by molar-refractivity contribution is 4.68. The van der Waals surface area contributed by atoms with E-state index in [2.05, 4.69) is 26.8 Å². The van der Waals surface area contributed by atoms with E-state index < -0.39 is 0 Å². The van der Waals surface area contributed by atoms with Crippen molar-refractivity contribution in [1.82, 2.24) is 0 Å². The zero-order chi connectivity index (χ0) is 56.8. The summed E-state index contributed by atoms with van der Waals surface area (Å²) in [5.41, 5.74) is 0.